The van der Waals surface area contributed by atoms with Crippen molar-refractivity contribution in [2.45, 2.75) is 36.6 Å². The molecule has 8 nitrogen and oxygen atoms in total. The van der Waals surface area contributed by atoms with Crippen molar-refractivity contribution in [2.75, 3.05) is 6.54 Å². The van der Waals surface area contributed by atoms with Gasteiger partial charge in [-0.1, -0.05) is 12.8 Å². The van der Waals surface area contributed by atoms with Crippen LogP contribution in [-0.2, 0) is 10.0 Å². The van der Waals surface area contributed by atoms with Crippen molar-refractivity contribution in [3.05, 3.63) is 39.0 Å². The van der Waals surface area contributed by atoms with Crippen LogP contribution in [0.25, 0.3) is 10.9 Å². The van der Waals surface area contributed by atoms with Gasteiger partial charge in [0, 0.05) is 12.6 Å². The minimum absolute atomic E-state index is 0.0241. The van der Waals surface area contributed by atoms with E-state index in [0.717, 1.165) is 25.7 Å². The zero-order valence-corrected chi connectivity index (χ0v) is 13.9. The summed E-state index contributed by atoms with van der Waals surface area (Å²) < 4.78 is 27.9. The third-order valence-corrected chi connectivity index (χ3v) is 6.04. The van der Waals surface area contributed by atoms with Crippen molar-refractivity contribution in [3.63, 3.8) is 0 Å². The van der Waals surface area contributed by atoms with Gasteiger partial charge < -0.3 is 10.7 Å². The van der Waals surface area contributed by atoms with E-state index >= 15 is 0 Å². The summed E-state index contributed by atoms with van der Waals surface area (Å²) in [7, 11) is -3.80. The molecule has 0 amide bonds. The zero-order chi connectivity index (χ0) is 17.3. The molecule has 2 aromatic rings. The molecule has 130 valence electrons. The fourth-order valence-electron chi connectivity index (χ4n) is 3.28. The van der Waals surface area contributed by atoms with E-state index in [9.17, 15) is 18.0 Å². The second-order valence-electron chi connectivity index (χ2n) is 6.12. The van der Waals surface area contributed by atoms with Gasteiger partial charge in [-0.3, -0.25) is 9.78 Å². The SMILES string of the molecule is NCC(NS(=O)(=O)c1ccc2[nH]c(=O)[nH]c(=O)c2c1)C1CCCC1. The molecule has 1 fully saturated rings. The van der Waals surface area contributed by atoms with E-state index in [4.69, 9.17) is 5.73 Å². The van der Waals surface area contributed by atoms with Gasteiger partial charge in [0.05, 0.1) is 15.8 Å². The molecule has 1 aromatic carbocycles. The van der Waals surface area contributed by atoms with Crippen LogP contribution in [0.5, 0.6) is 0 Å². The number of rotatable bonds is 5. The van der Waals surface area contributed by atoms with Crippen molar-refractivity contribution >= 4 is 20.9 Å². The Morgan fingerprint density at radius 1 is 1.21 bits per heavy atom. The molecule has 0 spiro atoms. The maximum atomic E-state index is 12.6. The topological polar surface area (TPSA) is 138 Å². The number of hydrogen-bond acceptors (Lipinski definition) is 5. The average molecular weight is 352 g/mol. The van der Waals surface area contributed by atoms with Crippen molar-refractivity contribution in [3.8, 4) is 0 Å². The minimum Gasteiger partial charge on any atom is -0.329 e. The molecule has 0 radical (unpaired) electrons. The van der Waals surface area contributed by atoms with E-state index in [1.807, 2.05) is 0 Å². The van der Waals surface area contributed by atoms with Crippen molar-refractivity contribution < 1.29 is 8.42 Å². The molecule has 1 aliphatic rings. The first kappa shape index (κ1) is 16.9. The Bertz CT molecular complexity index is 957. The maximum absolute atomic E-state index is 12.6. The number of nitrogens with one attached hydrogen (secondary N) is 3. The van der Waals surface area contributed by atoms with Crippen LogP contribution in [0.1, 0.15) is 25.7 Å². The zero-order valence-electron chi connectivity index (χ0n) is 13.0. The molecule has 24 heavy (non-hydrogen) atoms. The Morgan fingerprint density at radius 2 is 1.92 bits per heavy atom. The first-order chi connectivity index (χ1) is 11.4. The van der Waals surface area contributed by atoms with Crippen LogP contribution in [0.15, 0.2) is 32.7 Å². The predicted octanol–water partition coefficient (Wildman–Crippen LogP) is 0.0122. The Hall–Kier alpha value is -1.97. The molecule has 0 aliphatic heterocycles. The summed E-state index contributed by atoms with van der Waals surface area (Å²) in [6.07, 6.45) is 4.09. The highest BCUT2D eigenvalue weighted by atomic mass is 32.2. The number of sulfonamides is 1. The fourth-order valence-corrected chi connectivity index (χ4v) is 4.62. The van der Waals surface area contributed by atoms with Crippen LogP contribution in [0.2, 0.25) is 0 Å². The first-order valence-corrected chi connectivity index (χ1v) is 9.38. The summed E-state index contributed by atoms with van der Waals surface area (Å²) >= 11 is 0. The van der Waals surface area contributed by atoms with Crippen LogP contribution in [0, 0.1) is 5.92 Å². The molecule has 1 aliphatic carbocycles. The molecular formula is C15H20N4O4S. The minimum atomic E-state index is -3.80. The quantitative estimate of drug-likeness (QED) is 0.600. The number of aromatic nitrogens is 2. The Morgan fingerprint density at radius 3 is 2.58 bits per heavy atom. The van der Waals surface area contributed by atoms with Crippen LogP contribution < -0.4 is 21.7 Å². The number of nitrogens with two attached hydrogens (primary N) is 1. The molecule has 1 unspecified atom stereocenters. The second-order valence-corrected chi connectivity index (χ2v) is 7.84. The standard InChI is InChI=1S/C15H20N4O4S/c16-8-13(9-3-1-2-4-9)19-24(22,23)10-5-6-12-11(7-10)14(20)18-15(21)17-12/h5-7,9,13,19H,1-4,8,16H2,(H2,17,18,20,21). The van der Waals surface area contributed by atoms with Crippen molar-refractivity contribution in [1.29, 1.82) is 0 Å². The average Bonchev–Trinajstić information content (AvgIpc) is 3.06. The molecule has 1 atom stereocenters. The van der Waals surface area contributed by atoms with Crippen LogP contribution in [0.3, 0.4) is 0 Å². The van der Waals surface area contributed by atoms with Crippen molar-refractivity contribution in [1.82, 2.24) is 14.7 Å². The summed E-state index contributed by atoms with van der Waals surface area (Å²) in [6, 6.07) is 3.71. The van der Waals surface area contributed by atoms with E-state index in [2.05, 4.69) is 14.7 Å². The highest BCUT2D eigenvalue weighted by Crippen LogP contribution is 2.28. The molecule has 1 heterocycles. The highest BCUT2D eigenvalue weighted by Gasteiger charge is 2.28. The third-order valence-electron chi connectivity index (χ3n) is 4.55. The molecule has 0 bridgehead atoms. The second kappa shape index (κ2) is 6.50. The van der Waals surface area contributed by atoms with Crippen LogP contribution in [-0.4, -0.2) is 31.0 Å². The van der Waals surface area contributed by atoms with Crippen molar-refractivity contribution in [2.24, 2.45) is 11.7 Å². The van der Waals surface area contributed by atoms with E-state index in [-0.39, 0.29) is 34.3 Å². The number of H-pyrrole nitrogens is 2. The van der Waals surface area contributed by atoms with Gasteiger partial charge in [0.2, 0.25) is 10.0 Å². The Labute approximate surface area is 138 Å². The van der Waals surface area contributed by atoms with E-state index < -0.39 is 21.3 Å². The Balaban J connectivity index is 1.95. The summed E-state index contributed by atoms with van der Waals surface area (Å²) in [5, 5.41) is 0.114. The molecule has 1 aromatic heterocycles. The summed E-state index contributed by atoms with van der Waals surface area (Å²) in [5.74, 6) is 0.241. The fraction of sp³-hybridized carbons (Fsp3) is 0.467. The van der Waals surface area contributed by atoms with Crippen LogP contribution in [0.4, 0.5) is 0 Å². The summed E-state index contributed by atoms with van der Waals surface area (Å²) in [5.41, 5.74) is 4.77. The molecule has 0 saturated heterocycles. The largest absolute Gasteiger partial charge is 0.329 e. The number of hydrogen-bond donors (Lipinski definition) is 4. The number of benzene rings is 1. The lowest BCUT2D eigenvalue weighted by Crippen LogP contribution is -2.44. The molecule has 1 saturated carbocycles. The van der Waals surface area contributed by atoms with Gasteiger partial charge in [-0.25, -0.2) is 17.9 Å². The van der Waals surface area contributed by atoms with Crippen LogP contribution >= 0.6 is 0 Å². The van der Waals surface area contributed by atoms with Gasteiger partial charge >= 0.3 is 5.69 Å². The Kier molecular flexibility index (Phi) is 4.57. The lowest BCUT2D eigenvalue weighted by molar-refractivity contribution is 0.405. The molecule has 9 heteroatoms. The number of aromatic amines is 2. The monoisotopic (exact) mass is 352 g/mol. The molecule has 3 rings (SSSR count). The van der Waals surface area contributed by atoms with E-state index in [1.165, 1.54) is 18.2 Å². The molecule has 5 N–H and O–H groups in total. The summed E-state index contributed by atoms with van der Waals surface area (Å²) in [4.78, 5) is 27.6. The predicted molar refractivity (Wildman–Crippen MR) is 90.3 cm³/mol. The van der Waals surface area contributed by atoms with Gasteiger partial charge in [0.15, 0.2) is 0 Å². The number of fused-ring (bicyclic) bond motifs is 1. The van der Waals surface area contributed by atoms with Gasteiger partial charge in [-0.15, -0.1) is 0 Å². The summed E-state index contributed by atoms with van der Waals surface area (Å²) in [6.45, 7) is 0.228. The lowest BCUT2D eigenvalue weighted by Gasteiger charge is -2.23. The van der Waals surface area contributed by atoms with Gasteiger partial charge in [0.1, 0.15) is 0 Å². The van der Waals surface area contributed by atoms with Gasteiger partial charge in [-0.2, -0.15) is 0 Å². The lowest BCUT2D eigenvalue weighted by atomic mass is 9.99. The first-order valence-electron chi connectivity index (χ1n) is 7.89. The maximum Gasteiger partial charge on any atom is 0.326 e. The van der Waals surface area contributed by atoms with E-state index in [1.54, 1.807) is 0 Å². The van der Waals surface area contributed by atoms with Gasteiger partial charge in [-0.05, 0) is 37.0 Å². The normalized spacial score (nSPS) is 17.4. The third kappa shape index (κ3) is 3.28. The van der Waals surface area contributed by atoms with E-state index in [0.29, 0.717) is 0 Å². The highest BCUT2D eigenvalue weighted by molar-refractivity contribution is 7.89. The van der Waals surface area contributed by atoms with Gasteiger partial charge in [0.25, 0.3) is 5.56 Å². The smallest absolute Gasteiger partial charge is 0.326 e. The molecular weight excluding hydrogens is 332 g/mol.